The van der Waals surface area contributed by atoms with Crippen LogP contribution in [0.5, 0.6) is 5.75 Å². The highest BCUT2D eigenvalue weighted by atomic mass is 16.5. The monoisotopic (exact) mass is 375 g/mol. The van der Waals surface area contributed by atoms with Gasteiger partial charge in [0.1, 0.15) is 5.75 Å². The summed E-state index contributed by atoms with van der Waals surface area (Å²) in [5.74, 6) is 0.512. The molecule has 1 aromatic heterocycles. The Hall–Kier alpha value is -3.67. The van der Waals surface area contributed by atoms with E-state index in [1.165, 1.54) is 13.1 Å². The van der Waals surface area contributed by atoms with E-state index in [9.17, 15) is 9.59 Å². The summed E-state index contributed by atoms with van der Waals surface area (Å²) in [5, 5.41) is 6.02. The molecule has 3 aromatic rings. The zero-order valence-corrected chi connectivity index (χ0v) is 15.7. The van der Waals surface area contributed by atoms with Crippen LogP contribution >= 0.6 is 0 Å². The molecule has 0 radical (unpaired) electrons. The van der Waals surface area contributed by atoms with Crippen molar-refractivity contribution < 1.29 is 14.3 Å². The fraction of sp³-hybridized carbons (Fsp3) is 0.136. The third-order valence-corrected chi connectivity index (χ3v) is 4.00. The topological polar surface area (TPSA) is 80.3 Å². The standard InChI is InChI=1S/C22H21N3O3/c1-3-28-21-10-8-19(9-11-21)25-22(27)17-12-20(14-23-13-17)24-18-6-4-16(5-7-18)15(2)26/h4-14,24H,3H2,1-2H3,(H,25,27). The van der Waals surface area contributed by atoms with Gasteiger partial charge in [-0.2, -0.15) is 0 Å². The van der Waals surface area contributed by atoms with Crippen LogP contribution in [0, 0.1) is 0 Å². The Bertz CT molecular complexity index is 967. The van der Waals surface area contributed by atoms with Crippen molar-refractivity contribution in [2.45, 2.75) is 13.8 Å². The van der Waals surface area contributed by atoms with Crippen LogP contribution in [0.4, 0.5) is 17.1 Å². The molecule has 1 amide bonds. The number of amides is 1. The van der Waals surface area contributed by atoms with Crippen molar-refractivity contribution in [3.05, 3.63) is 78.1 Å². The van der Waals surface area contributed by atoms with E-state index in [1.54, 1.807) is 48.7 Å². The zero-order chi connectivity index (χ0) is 19.9. The van der Waals surface area contributed by atoms with E-state index >= 15 is 0 Å². The number of ether oxygens (including phenoxy) is 1. The fourth-order valence-electron chi connectivity index (χ4n) is 2.59. The largest absolute Gasteiger partial charge is 0.494 e. The minimum atomic E-state index is -0.257. The number of hydrogen-bond donors (Lipinski definition) is 2. The summed E-state index contributed by atoms with van der Waals surface area (Å²) in [5.41, 5.74) is 3.23. The lowest BCUT2D eigenvalue weighted by atomic mass is 10.1. The summed E-state index contributed by atoms with van der Waals surface area (Å²) in [6.45, 7) is 4.04. The van der Waals surface area contributed by atoms with Crippen molar-refractivity contribution in [1.82, 2.24) is 4.98 Å². The predicted octanol–water partition coefficient (Wildman–Crippen LogP) is 4.68. The first-order chi connectivity index (χ1) is 13.5. The summed E-state index contributed by atoms with van der Waals surface area (Å²) >= 11 is 0. The van der Waals surface area contributed by atoms with Gasteiger partial charge in [-0.3, -0.25) is 14.6 Å². The van der Waals surface area contributed by atoms with Crippen LogP contribution in [-0.2, 0) is 0 Å². The van der Waals surface area contributed by atoms with Gasteiger partial charge in [-0.15, -0.1) is 0 Å². The Morgan fingerprint density at radius 1 is 0.893 bits per heavy atom. The molecule has 0 aliphatic rings. The highest BCUT2D eigenvalue weighted by molar-refractivity contribution is 6.04. The number of ketones is 1. The SMILES string of the molecule is CCOc1ccc(NC(=O)c2cncc(Nc3ccc(C(C)=O)cc3)c2)cc1. The fourth-order valence-corrected chi connectivity index (χ4v) is 2.59. The van der Waals surface area contributed by atoms with Crippen molar-refractivity contribution in [3.63, 3.8) is 0 Å². The summed E-state index contributed by atoms with van der Waals surface area (Å²) in [7, 11) is 0. The van der Waals surface area contributed by atoms with Gasteiger partial charge in [0.2, 0.25) is 0 Å². The van der Waals surface area contributed by atoms with Gasteiger partial charge in [-0.25, -0.2) is 0 Å². The van der Waals surface area contributed by atoms with Crippen molar-refractivity contribution in [3.8, 4) is 5.75 Å². The Kier molecular flexibility index (Phi) is 6.01. The number of carbonyl (C=O) groups is 2. The van der Waals surface area contributed by atoms with Crippen LogP contribution < -0.4 is 15.4 Å². The molecule has 0 unspecified atom stereocenters. The van der Waals surface area contributed by atoms with Gasteiger partial charge >= 0.3 is 0 Å². The number of anilines is 3. The second-order valence-electron chi connectivity index (χ2n) is 6.13. The molecule has 0 saturated carbocycles. The minimum absolute atomic E-state index is 0.0150. The molecule has 0 aliphatic carbocycles. The summed E-state index contributed by atoms with van der Waals surface area (Å²) in [6, 6.07) is 16.0. The second kappa shape index (κ2) is 8.81. The first-order valence-electron chi connectivity index (χ1n) is 8.92. The number of rotatable bonds is 7. The Labute approximate surface area is 163 Å². The first kappa shape index (κ1) is 19.1. The molecule has 2 N–H and O–H groups in total. The third-order valence-electron chi connectivity index (χ3n) is 4.00. The smallest absolute Gasteiger partial charge is 0.257 e. The predicted molar refractivity (Wildman–Crippen MR) is 110 cm³/mol. The molecule has 2 aromatic carbocycles. The minimum Gasteiger partial charge on any atom is -0.494 e. The molecule has 0 bridgehead atoms. The van der Waals surface area contributed by atoms with Gasteiger partial charge < -0.3 is 15.4 Å². The van der Waals surface area contributed by atoms with Crippen LogP contribution in [0.1, 0.15) is 34.6 Å². The van der Waals surface area contributed by atoms with Crippen LogP contribution in [0.15, 0.2) is 67.0 Å². The van der Waals surface area contributed by atoms with Gasteiger partial charge in [0.25, 0.3) is 5.91 Å². The number of aromatic nitrogens is 1. The third kappa shape index (κ3) is 4.94. The first-order valence-corrected chi connectivity index (χ1v) is 8.92. The number of carbonyl (C=O) groups excluding carboxylic acids is 2. The van der Waals surface area contributed by atoms with Gasteiger partial charge in [-0.1, -0.05) is 0 Å². The molecule has 0 saturated heterocycles. The van der Waals surface area contributed by atoms with E-state index in [-0.39, 0.29) is 11.7 Å². The zero-order valence-electron chi connectivity index (χ0n) is 15.7. The summed E-state index contributed by atoms with van der Waals surface area (Å²) in [4.78, 5) is 28.0. The van der Waals surface area contributed by atoms with E-state index in [4.69, 9.17) is 4.74 Å². The number of hydrogen-bond acceptors (Lipinski definition) is 5. The number of pyridine rings is 1. The lowest BCUT2D eigenvalue weighted by Gasteiger charge is -2.10. The number of Topliss-reactive ketones (excluding diaryl/α,β-unsaturated/α-hetero) is 1. The van der Waals surface area contributed by atoms with Crippen molar-refractivity contribution in [2.24, 2.45) is 0 Å². The number of nitrogens with one attached hydrogen (secondary N) is 2. The van der Waals surface area contributed by atoms with E-state index in [1.807, 2.05) is 19.1 Å². The molecular weight excluding hydrogens is 354 g/mol. The van der Waals surface area contributed by atoms with Crippen LogP contribution in [0.3, 0.4) is 0 Å². The second-order valence-corrected chi connectivity index (χ2v) is 6.13. The van der Waals surface area contributed by atoms with E-state index in [0.717, 1.165) is 11.4 Å². The molecule has 28 heavy (non-hydrogen) atoms. The quantitative estimate of drug-likeness (QED) is 0.586. The number of benzene rings is 2. The van der Waals surface area contributed by atoms with E-state index < -0.39 is 0 Å². The molecular formula is C22H21N3O3. The normalized spacial score (nSPS) is 10.2. The van der Waals surface area contributed by atoms with Gasteiger partial charge in [-0.05, 0) is 68.4 Å². The average Bonchev–Trinajstić information content (AvgIpc) is 2.70. The maximum Gasteiger partial charge on any atom is 0.257 e. The van der Waals surface area contributed by atoms with Gasteiger partial charge in [0.05, 0.1) is 24.1 Å². The lowest BCUT2D eigenvalue weighted by Crippen LogP contribution is -2.12. The molecule has 0 aliphatic heterocycles. The van der Waals surface area contributed by atoms with Gasteiger partial charge in [0.15, 0.2) is 5.78 Å². The van der Waals surface area contributed by atoms with Crippen molar-refractivity contribution in [2.75, 3.05) is 17.2 Å². The van der Waals surface area contributed by atoms with Crippen molar-refractivity contribution >= 4 is 28.8 Å². The lowest BCUT2D eigenvalue weighted by molar-refractivity contribution is 0.101. The molecule has 142 valence electrons. The molecule has 3 rings (SSSR count). The highest BCUT2D eigenvalue weighted by Crippen LogP contribution is 2.19. The number of nitrogens with zero attached hydrogens (tertiary/aromatic N) is 1. The van der Waals surface area contributed by atoms with Gasteiger partial charge in [0, 0.05) is 23.1 Å². The molecule has 0 fully saturated rings. The van der Waals surface area contributed by atoms with Crippen LogP contribution in [0.2, 0.25) is 0 Å². The molecule has 0 atom stereocenters. The Balaban J connectivity index is 1.68. The Morgan fingerprint density at radius 3 is 2.21 bits per heavy atom. The summed E-state index contributed by atoms with van der Waals surface area (Å²) < 4.78 is 5.39. The molecule has 0 spiro atoms. The van der Waals surface area contributed by atoms with E-state index in [0.29, 0.717) is 29.1 Å². The van der Waals surface area contributed by atoms with E-state index in [2.05, 4.69) is 15.6 Å². The van der Waals surface area contributed by atoms with Crippen molar-refractivity contribution in [1.29, 1.82) is 0 Å². The van der Waals surface area contributed by atoms with Crippen LogP contribution in [0.25, 0.3) is 0 Å². The molecule has 6 nitrogen and oxygen atoms in total. The maximum absolute atomic E-state index is 12.5. The van der Waals surface area contributed by atoms with Crippen LogP contribution in [-0.4, -0.2) is 23.3 Å². The Morgan fingerprint density at radius 2 is 1.57 bits per heavy atom. The summed E-state index contributed by atoms with van der Waals surface area (Å²) in [6.07, 6.45) is 3.14. The molecule has 1 heterocycles. The maximum atomic E-state index is 12.5. The average molecular weight is 375 g/mol. The molecule has 6 heteroatoms. The highest BCUT2D eigenvalue weighted by Gasteiger charge is 2.08.